The summed E-state index contributed by atoms with van der Waals surface area (Å²) in [5.41, 5.74) is 7.48. The van der Waals surface area contributed by atoms with Crippen molar-refractivity contribution in [3.63, 3.8) is 0 Å². The first kappa shape index (κ1) is 43.5. The molecule has 0 bridgehead atoms. The van der Waals surface area contributed by atoms with Gasteiger partial charge in [0.25, 0.3) is 11.8 Å². The first-order chi connectivity index (χ1) is 24.8. The van der Waals surface area contributed by atoms with Crippen LogP contribution in [0.15, 0.2) is 36.4 Å². The summed E-state index contributed by atoms with van der Waals surface area (Å²) < 4.78 is 16.2. The minimum atomic E-state index is -0.891. The zero-order valence-corrected chi connectivity index (χ0v) is 30.0. The monoisotopic (exact) mass is 732 g/mol. The van der Waals surface area contributed by atoms with E-state index in [1.807, 2.05) is 0 Å². The van der Waals surface area contributed by atoms with Crippen molar-refractivity contribution in [2.45, 2.75) is 71.0 Å². The van der Waals surface area contributed by atoms with Crippen molar-refractivity contribution in [1.82, 2.24) is 20.9 Å². The number of hydrogen-bond acceptors (Lipinski definition) is 11. The van der Waals surface area contributed by atoms with Gasteiger partial charge in [-0.3, -0.25) is 38.5 Å². The van der Waals surface area contributed by atoms with E-state index in [4.69, 9.17) is 25.1 Å². The molecular formula is C35H52N6O11. The number of amides is 6. The molecule has 1 aliphatic rings. The van der Waals surface area contributed by atoms with Gasteiger partial charge in [-0.1, -0.05) is 19.1 Å². The smallest absolute Gasteiger partial charge is 0.306 e. The van der Waals surface area contributed by atoms with Gasteiger partial charge in [0.15, 0.2) is 0 Å². The van der Waals surface area contributed by atoms with Gasteiger partial charge in [-0.2, -0.15) is 0 Å². The molecule has 0 saturated carbocycles. The predicted octanol–water partition coefficient (Wildman–Crippen LogP) is -0.124. The van der Waals surface area contributed by atoms with Crippen molar-refractivity contribution in [2.75, 3.05) is 58.0 Å². The number of hydrogen-bond donors (Lipinski definition) is 6. The number of benzene rings is 1. The second-order valence-electron chi connectivity index (χ2n) is 12.3. The first-order valence-corrected chi connectivity index (χ1v) is 17.3. The molecule has 1 aliphatic heterocycles. The maximum atomic E-state index is 12.6. The lowest BCUT2D eigenvalue weighted by Crippen LogP contribution is -2.50. The molecule has 0 fully saturated rings. The standard InChI is InChI=1S/C35H52N6O11/c1-23(35(48)49)21-27(36)22-26-6-8-28(9-7-26)40-34(47)25(3)39-33(46)24(2)38-30(43)12-15-50-17-19-52-20-18-51-16-13-37-29(42)5-4-14-41-31(44)10-11-32(41)45/h6-11,23-25,27H,4-5,12-22,36H2,1-3H3,(H,37,42)(H,38,43)(H,39,46)(H,40,47)(H,48,49)/t23-,24-,25-,27+/m0/s1. The lowest BCUT2D eigenvalue weighted by atomic mass is 9.97. The zero-order valence-electron chi connectivity index (χ0n) is 30.0. The maximum Gasteiger partial charge on any atom is 0.306 e. The predicted molar refractivity (Wildman–Crippen MR) is 189 cm³/mol. The molecule has 1 aromatic rings. The highest BCUT2D eigenvalue weighted by Crippen LogP contribution is 2.14. The molecule has 0 aliphatic carbocycles. The number of carbonyl (C=O) groups excluding carboxylic acids is 6. The summed E-state index contributed by atoms with van der Waals surface area (Å²) >= 11 is 0. The number of carbonyl (C=O) groups is 7. The zero-order chi connectivity index (χ0) is 38.5. The normalized spacial score (nSPS) is 14.7. The van der Waals surface area contributed by atoms with Crippen molar-refractivity contribution >= 4 is 47.1 Å². The van der Waals surface area contributed by atoms with Crippen LogP contribution in [-0.2, 0) is 54.2 Å². The molecule has 0 aromatic heterocycles. The molecule has 2 rings (SSSR count). The number of nitrogens with zero attached hydrogens (tertiary/aromatic N) is 1. The second kappa shape index (κ2) is 23.7. The summed E-state index contributed by atoms with van der Waals surface area (Å²) in [6, 6.07) is 4.90. The largest absolute Gasteiger partial charge is 0.481 e. The average molecular weight is 733 g/mol. The number of aliphatic carboxylic acids is 1. The molecule has 7 N–H and O–H groups in total. The first-order valence-electron chi connectivity index (χ1n) is 17.3. The third-order valence-electron chi connectivity index (χ3n) is 7.79. The van der Waals surface area contributed by atoms with E-state index in [0.717, 1.165) is 10.5 Å². The van der Waals surface area contributed by atoms with E-state index in [1.165, 1.54) is 26.0 Å². The fourth-order valence-electron chi connectivity index (χ4n) is 4.81. The van der Waals surface area contributed by atoms with E-state index in [2.05, 4.69) is 21.3 Å². The Morgan fingerprint density at radius 2 is 1.35 bits per heavy atom. The van der Waals surface area contributed by atoms with Crippen molar-refractivity contribution in [1.29, 1.82) is 0 Å². The molecule has 1 heterocycles. The Morgan fingerprint density at radius 1 is 0.769 bits per heavy atom. The molecule has 0 saturated heterocycles. The number of carboxylic acid groups (broad SMARTS) is 1. The summed E-state index contributed by atoms with van der Waals surface area (Å²) in [6.45, 7) is 6.71. The fourth-order valence-corrected chi connectivity index (χ4v) is 4.81. The van der Waals surface area contributed by atoms with E-state index in [0.29, 0.717) is 51.3 Å². The summed E-state index contributed by atoms with van der Waals surface area (Å²) in [6.07, 6.45) is 3.84. The van der Waals surface area contributed by atoms with Crippen LogP contribution < -0.4 is 27.0 Å². The van der Waals surface area contributed by atoms with Gasteiger partial charge in [0, 0.05) is 49.8 Å². The van der Waals surface area contributed by atoms with Crippen LogP contribution in [0, 0.1) is 5.92 Å². The Balaban J connectivity index is 1.46. The number of nitrogens with two attached hydrogens (primary N) is 1. The van der Waals surface area contributed by atoms with E-state index in [1.54, 1.807) is 31.2 Å². The van der Waals surface area contributed by atoms with Crippen molar-refractivity contribution in [3.05, 3.63) is 42.0 Å². The maximum absolute atomic E-state index is 12.6. The molecule has 0 spiro atoms. The Bertz CT molecular complexity index is 1370. The Hall–Kier alpha value is -4.71. The summed E-state index contributed by atoms with van der Waals surface area (Å²) in [4.78, 5) is 84.3. The number of carboxylic acids is 1. The highest BCUT2D eigenvalue weighted by Gasteiger charge is 2.23. The van der Waals surface area contributed by atoms with Gasteiger partial charge in [0.2, 0.25) is 23.6 Å². The SMILES string of the molecule is C[C@H](NC(=O)CCOCCOCCOCCNC(=O)CCCN1C(=O)C=CC1=O)C(=O)N[C@@H](C)C(=O)Nc1ccc(C[C@H](N)C[C@H](C)C(=O)O)cc1. The lowest BCUT2D eigenvalue weighted by Gasteiger charge is -2.18. The van der Waals surface area contributed by atoms with E-state index in [-0.39, 0.29) is 63.0 Å². The minimum Gasteiger partial charge on any atom is -0.481 e. The molecule has 17 nitrogen and oxygen atoms in total. The highest BCUT2D eigenvalue weighted by atomic mass is 16.5. The molecule has 0 unspecified atom stereocenters. The summed E-state index contributed by atoms with van der Waals surface area (Å²) in [7, 11) is 0. The van der Waals surface area contributed by atoms with E-state index >= 15 is 0 Å². The fraction of sp³-hybridized carbons (Fsp3) is 0.571. The highest BCUT2D eigenvalue weighted by molar-refractivity contribution is 6.12. The van der Waals surface area contributed by atoms with Crippen LogP contribution in [0.2, 0.25) is 0 Å². The Labute approximate surface area is 303 Å². The number of ether oxygens (including phenoxy) is 3. The van der Waals surface area contributed by atoms with Crippen LogP contribution in [-0.4, -0.2) is 122 Å². The molecule has 52 heavy (non-hydrogen) atoms. The van der Waals surface area contributed by atoms with Gasteiger partial charge in [0.05, 0.1) is 45.6 Å². The van der Waals surface area contributed by atoms with E-state index < -0.39 is 41.7 Å². The van der Waals surface area contributed by atoms with Crippen LogP contribution >= 0.6 is 0 Å². The third kappa shape index (κ3) is 17.5. The van der Waals surface area contributed by atoms with Gasteiger partial charge in [-0.05, 0) is 50.8 Å². The molecular weight excluding hydrogens is 680 g/mol. The molecule has 4 atom stereocenters. The molecule has 288 valence electrons. The van der Waals surface area contributed by atoms with Crippen molar-refractivity contribution < 1.29 is 52.9 Å². The number of anilines is 1. The molecule has 6 amide bonds. The molecule has 17 heteroatoms. The van der Waals surface area contributed by atoms with Crippen molar-refractivity contribution in [3.8, 4) is 0 Å². The minimum absolute atomic E-state index is 0.0215. The van der Waals surface area contributed by atoms with Gasteiger partial charge >= 0.3 is 5.97 Å². The quantitative estimate of drug-likeness (QED) is 0.0539. The molecule has 0 radical (unpaired) electrons. The van der Waals surface area contributed by atoms with Crippen LogP contribution in [0.4, 0.5) is 5.69 Å². The average Bonchev–Trinajstić information content (AvgIpc) is 3.41. The second-order valence-corrected chi connectivity index (χ2v) is 12.3. The summed E-state index contributed by atoms with van der Waals surface area (Å²) in [5, 5.41) is 19.6. The summed E-state index contributed by atoms with van der Waals surface area (Å²) in [5.74, 6) is -3.74. The van der Waals surface area contributed by atoms with Gasteiger partial charge < -0.3 is 46.3 Å². The van der Waals surface area contributed by atoms with Gasteiger partial charge in [-0.15, -0.1) is 0 Å². The van der Waals surface area contributed by atoms with Crippen LogP contribution in [0.5, 0.6) is 0 Å². The van der Waals surface area contributed by atoms with Crippen molar-refractivity contribution in [2.24, 2.45) is 11.7 Å². The van der Waals surface area contributed by atoms with Gasteiger partial charge in [0.1, 0.15) is 12.1 Å². The number of nitrogens with one attached hydrogen (secondary N) is 4. The lowest BCUT2D eigenvalue weighted by molar-refractivity contribution is -0.141. The van der Waals surface area contributed by atoms with Gasteiger partial charge in [-0.25, -0.2) is 0 Å². The van der Waals surface area contributed by atoms with E-state index in [9.17, 15) is 33.6 Å². The number of imide groups is 1. The topological polar surface area (TPSA) is 245 Å². The molecule has 1 aromatic carbocycles. The Kier molecular flexibility index (Phi) is 19.8. The Morgan fingerprint density at radius 3 is 1.96 bits per heavy atom. The third-order valence-corrected chi connectivity index (χ3v) is 7.79. The number of rotatable bonds is 26. The van der Waals surface area contributed by atoms with Crippen LogP contribution in [0.3, 0.4) is 0 Å². The van der Waals surface area contributed by atoms with Crippen LogP contribution in [0.1, 0.15) is 52.0 Å². The van der Waals surface area contributed by atoms with Crippen LogP contribution in [0.25, 0.3) is 0 Å².